The molecule has 8 nitrogen and oxygen atoms in total. The number of benzene rings is 2. The minimum Gasteiger partial charge on any atom is -0.497 e. The first-order chi connectivity index (χ1) is 14.9. The molecule has 1 N–H and O–H groups in total. The predicted molar refractivity (Wildman–Crippen MR) is 113 cm³/mol. The number of hydrogen-bond acceptors (Lipinski definition) is 8. The van der Waals surface area contributed by atoms with Crippen molar-refractivity contribution in [2.24, 2.45) is 0 Å². The number of pyridine rings is 1. The summed E-state index contributed by atoms with van der Waals surface area (Å²) in [5.41, 5.74) is 1.03. The van der Waals surface area contributed by atoms with E-state index in [1.54, 1.807) is 36.4 Å². The summed E-state index contributed by atoms with van der Waals surface area (Å²) in [6, 6.07) is 13.8. The minimum absolute atomic E-state index is 0.00735. The maximum absolute atomic E-state index is 13.1. The number of rotatable bonds is 8. The van der Waals surface area contributed by atoms with Gasteiger partial charge in [0.05, 0.1) is 30.4 Å². The summed E-state index contributed by atoms with van der Waals surface area (Å²) in [4.78, 5) is 27.7. The summed E-state index contributed by atoms with van der Waals surface area (Å²) in [7, 11) is -1.19. The summed E-state index contributed by atoms with van der Waals surface area (Å²) >= 11 is 0. The Labute approximate surface area is 179 Å². The average molecular weight is 440 g/mol. The molecule has 0 amide bonds. The lowest BCUT2D eigenvalue weighted by molar-refractivity contribution is 0.0601. The Morgan fingerprint density at radius 1 is 1.06 bits per heavy atom. The Morgan fingerprint density at radius 3 is 2.45 bits per heavy atom. The van der Waals surface area contributed by atoms with E-state index in [-0.39, 0.29) is 33.3 Å². The van der Waals surface area contributed by atoms with Crippen molar-refractivity contribution in [3.05, 3.63) is 77.5 Å². The predicted octanol–water partition coefficient (Wildman–Crippen LogP) is 3.13. The number of sulfone groups is 1. The van der Waals surface area contributed by atoms with Gasteiger partial charge >= 0.3 is 5.97 Å². The van der Waals surface area contributed by atoms with E-state index in [2.05, 4.69) is 10.3 Å². The Kier molecular flexibility index (Phi) is 6.66. The van der Waals surface area contributed by atoms with Crippen molar-refractivity contribution in [2.45, 2.75) is 16.5 Å². The van der Waals surface area contributed by atoms with Crippen molar-refractivity contribution in [1.82, 2.24) is 4.98 Å². The molecule has 0 unspecified atom stereocenters. The first kappa shape index (κ1) is 22.0. The average Bonchev–Trinajstić information content (AvgIpc) is 2.82. The molecule has 9 heteroatoms. The second-order valence-electron chi connectivity index (χ2n) is 6.38. The van der Waals surface area contributed by atoms with Crippen LogP contribution < -0.4 is 10.1 Å². The van der Waals surface area contributed by atoms with E-state index in [1.807, 2.05) is 0 Å². The van der Waals surface area contributed by atoms with Crippen LogP contribution in [0.4, 0.5) is 5.69 Å². The molecule has 2 aromatic carbocycles. The number of aromatic nitrogens is 1. The van der Waals surface area contributed by atoms with E-state index >= 15 is 0 Å². The molecule has 3 aromatic rings. The van der Waals surface area contributed by atoms with Crippen LogP contribution >= 0.6 is 0 Å². The fourth-order valence-corrected chi connectivity index (χ4v) is 4.40. The maximum Gasteiger partial charge on any atom is 0.339 e. The molecule has 0 saturated heterocycles. The van der Waals surface area contributed by atoms with Gasteiger partial charge in [-0.25, -0.2) is 18.2 Å². The molecule has 0 saturated carbocycles. The van der Waals surface area contributed by atoms with E-state index in [4.69, 9.17) is 9.47 Å². The number of nitrogens with zero attached hydrogens (tertiary/aromatic N) is 1. The smallest absolute Gasteiger partial charge is 0.339 e. The van der Waals surface area contributed by atoms with E-state index in [1.165, 1.54) is 38.6 Å². The van der Waals surface area contributed by atoms with Crippen LogP contribution in [0.1, 0.15) is 26.3 Å². The van der Waals surface area contributed by atoms with Crippen LogP contribution in [0.15, 0.2) is 70.7 Å². The topological polar surface area (TPSA) is 112 Å². The van der Waals surface area contributed by atoms with Crippen molar-refractivity contribution in [3.63, 3.8) is 0 Å². The standard InChI is InChI=1S/C22H20N2O6S/c1-29-17-8-10-18(11-9-17)31(27,28)21-15(6-4-12-23-21)13-24-20-16(14-25)5-3-7-19(20)22(26)30-2/h3-12,14,24H,13H2,1-2H3. The van der Waals surface area contributed by atoms with Gasteiger partial charge in [-0.1, -0.05) is 12.1 Å². The molecule has 1 heterocycles. The van der Waals surface area contributed by atoms with Gasteiger partial charge in [0, 0.05) is 23.9 Å². The van der Waals surface area contributed by atoms with Gasteiger partial charge in [0.1, 0.15) is 5.75 Å². The molecular formula is C22H20N2O6S. The summed E-state index contributed by atoms with van der Waals surface area (Å²) in [5.74, 6) is -0.0915. The third kappa shape index (κ3) is 4.56. The van der Waals surface area contributed by atoms with Gasteiger partial charge in [-0.15, -0.1) is 0 Å². The molecule has 1 aromatic heterocycles. The van der Waals surface area contributed by atoms with Crippen LogP contribution in [-0.2, 0) is 21.1 Å². The quantitative estimate of drug-likeness (QED) is 0.420. The van der Waals surface area contributed by atoms with Crippen LogP contribution in [0.2, 0.25) is 0 Å². The second-order valence-corrected chi connectivity index (χ2v) is 8.24. The summed E-state index contributed by atoms with van der Waals surface area (Å²) in [6.07, 6.45) is 1.99. The van der Waals surface area contributed by atoms with E-state index in [0.717, 1.165) is 0 Å². The van der Waals surface area contributed by atoms with Crippen molar-refractivity contribution in [3.8, 4) is 5.75 Å². The highest BCUT2D eigenvalue weighted by molar-refractivity contribution is 7.91. The number of hydrogen-bond donors (Lipinski definition) is 1. The van der Waals surface area contributed by atoms with Crippen LogP contribution in [0.5, 0.6) is 5.75 Å². The fourth-order valence-electron chi connectivity index (χ4n) is 3.00. The molecule has 0 aliphatic rings. The molecule has 0 bridgehead atoms. The molecular weight excluding hydrogens is 420 g/mol. The fraction of sp³-hybridized carbons (Fsp3) is 0.136. The molecule has 0 aliphatic carbocycles. The maximum atomic E-state index is 13.1. The number of para-hydroxylation sites is 1. The number of methoxy groups -OCH3 is 2. The van der Waals surface area contributed by atoms with E-state index in [0.29, 0.717) is 17.6 Å². The van der Waals surface area contributed by atoms with Gasteiger partial charge < -0.3 is 14.8 Å². The molecule has 0 fully saturated rings. The minimum atomic E-state index is -3.91. The first-order valence-electron chi connectivity index (χ1n) is 9.15. The SMILES string of the molecule is COC(=O)c1cccc(C=O)c1NCc1cccnc1S(=O)(=O)c1ccc(OC)cc1. The zero-order valence-electron chi connectivity index (χ0n) is 16.9. The van der Waals surface area contributed by atoms with E-state index in [9.17, 15) is 18.0 Å². The summed E-state index contributed by atoms with van der Waals surface area (Å²) < 4.78 is 36.1. The van der Waals surface area contributed by atoms with Crippen LogP contribution in [0, 0.1) is 0 Å². The van der Waals surface area contributed by atoms with Gasteiger partial charge in [-0.3, -0.25) is 4.79 Å². The van der Waals surface area contributed by atoms with E-state index < -0.39 is 15.8 Å². The number of aldehydes is 1. The number of esters is 1. The van der Waals surface area contributed by atoms with Gasteiger partial charge in [-0.2, -0.15) is 0 Å². The number of carbonyl (C=O) groups excluding carboxylic acids is 2. The highest BCUT2D eigenvalue weighted by atomic mass is 32.2. The lowest BCUT2D eigenvalue weighted by atomic mass is 10.1. The van der Waals surface area contributed by atoms with Crippen molar-refractivity contribution < 1.29 is 27.5 Å². The third-order valence-corrected chi connectivity index (χ3v) is 6.33. The molecule has 0 atom stereocenters. The molecule has 0 spiro atoms. The molecule has 3 rings (SSSR count). The van der Waals surface area contributed by atoms with Gasteiger partial charge in [0.15, 0.2) is 11.3 Å². The van der Waals surface area contributed by atoms with Crippen molar-refractivity contribution >= 4 is 27.8 Å². The highest BCUT2D eigenvalue weighted by Gasteiger charge is 2.23. The summed E-state index contributed by atoms with van der Waals surface area (Å²) in [5, 5.41) is 2.86. The first-order valence-corrected chi connectivity index (χ1v) is 10.6. The van der Waals surface area contributed by atoms with Crippen LogP contribution in [0.3, 0.4) is 0 Å². The van der Waals surface area contributed by atoms with Crippen molar-refractivity contribution in [1.29, 1.82) is 0 Å². The summed E-state index contributed by atoms with van der Waals surface area (Å²) in [6.45, 7) is 0.00735. The third-order valence-electron chi connectivity index (χ3n) is 4.56. The van der Waals surface area contributed by atoms with Gasteiger partial charge in [0.2, 0.25) is 9.84 Å². The van der Waals surface area contributed by atoms with Gasteiger partial charge in [-0.05, 0) is 42.5 Å². The Morgan fingerprint density at radius 2 is 1.81 bits per heavy atom. The number of ether oxygens (including phenoxy) is 2. The van der Waals surface area contributed by atoms with Gasteiger partial charge in [0.25, 0.3) is 0 Å². The monoisotopic (exact) mass is 440 g/mol. The van der Waals surface area contributed by atoms with Crippen LogP contribution in [-0.4, -0.2) is 39.9 Å². The Bertz CT molecular complexity index is 1210. The molecule has 0 aliphatic heterocycles. The lowest BCUT2D eigenvalue weighted by Gasteiger charge is -2.15. The molecule has 160 valence electrons. The van der Waals surface area contributed by atoms with Crippen molar-refractivity contribution in [2.75, 3.05) is 19.5 Å². The lowest BCUT2D eigenvalue weighted by Crippen LogP contribution is -2.14. The number of carbonyl (C=O) groups is 2. The second kappa shape index (κ2) is 9.40. The Hall–Kier alpha value is -3.72. The molecule has 0 radical (unpaired) electrons. The zero-order valence-corrected chi connectivity index (χ0v) is 17.7. The van der Waals surface area contributed by atoms with Crippen LogP contribution in [0.25, 0.3) is 0 Å². The largest absolute Gasteiger partial charge is 0.497 e. The number of nitrogens with one attached hydrogen (secondary N) is 1. The molecule has 31 heavy (non-hydrogen) atoms. The highest BCUT2D eigenvalue weighted by Crippen LogP contribution is 2.26. The Balaban J connectivity index is 1.97. The number of anilines is 1. The normalized spacial score (nSPS) is 10.9. The zero-order chi connectivity index (χ0) is 22.4.